The normalized spacial score (nSPS) is 4.00. The summed E-state index contributed by atoms with van der Waals surface area (Å²) >= 11 is -4.11. The molecule has 0 fully saturated rings. The Morgan fingerprint density at radius 1 is 1.00 bits per heavy atom. The molecule has 0 saturated carbocycles. The zero-order chi connectivity index (χ0) is 3.58. The Labute approximate surface area is 52.5 Å². The van der Waals surface area contributed by atoms with Crippen molar-refractivity contribution in [3.05, 3.63) is 0 Å². The third kappa shape index (κ3) is 140. The molecule has 0 unspecified atom stereocenters. The summed E-state index contributed by atoms with van der Waals surface area (Å²) < 4.78 is 25.8. The van der Waals surface area contributed by atoms with E-state index in [1.807, 2.05) is 0 Å². The fourth-order valence-electron chi connectivity index (χ4n) is 0. The largest absolute Gasteiger partial charge is 2.00 e. The second kappa shape index (κ2) is 9.18. The van der Waals surface area contributed by atoms with Crippen molar-refractivity contribution in [3.63, 3.8) is 0 Å². The standard InChI is InChI=1S/Mo.4O.Zn/q;;;;-2;+2. The van der Waals surface area contributed by atoms with Gasteiger partial charge in [0.05, 0.1) is 0 Å². The van der Waals surface area contributed by atoms with Gasteiger partial charge in [-0.3, -0.25) is 0 Å². The van der Waals surface area contributed by atoms with Gasteiger partial charge in [-0.2, -0.15) is 0 Å². The van der Waals surface area contributed by atoms with Crippen LogP contribution in [0.2, 0.25) is 0 Å². The average molecular weight is 225 g/mol. The van der Waals surface area contributed by atoms with Crippen LogP contribution in [0.3, 0.4) is 0 Å². The van der Waals surface area contributed by atoms with Crippen LogP contribution in [0, 0.1) is 0 Å². The van der Waals surface area contributed by atoms with E-state index in [2.05, 4.69) is 0 Å². The van der Waals surface area contributed by atoms with Crippen molar-refractivity contribution in [2.45, 2.75) is 0 Å². The van der Waals surface area contributed by atoms with Crippen LogP contribution in [0.4, 0.5) is 0 Å². The molecule has 0 aromatic carbocycles. The van der Waals surface area contributed by atoms with Crippen LogP contribution < -0.4 is 0 Å². The Balaban J connectivity index is -0.0000000450. The maximum Gasteiger partial charge on any atom is 2.00 e. The summed E-state index contributed by atoms with van der Waals surface area (Å²) in [5.74, 6) is 0. The van der Waals surface area contributed by atoms with E-state index >= 15 is 0 Å². The van der Waals surface area contributed by atoms with E-state index in [0.29, 0.717) is 0 Å². The molecule has 0 aromatic rings. The summed E-state index contributed by atoms with van der Waals surface area (Å²) in [6.07, 6.45) is 0. The second-order valence-corrected chi connectivity index (χ2v) is 1.21. The minimum absolute atomic E-state index is 0. The van der Waals surface area contributed by atoms with Gasteiger partial charge in [-0.25, -0.2) is 0 Å². The van der Waals surface area contributed by atoms with Crippen molar-refractivity contribution >= 4 is 0 Å². The molecule has 0 radical (unpaired) electrons. The second-order valence-electron chi connectivity index (χ2n) is 0.204. The summed E-state index contributed by atoms with van der Waals surface area (Å²) in [5.41, 5.74) is 0. The summed E-state index contributed by atoms with van der Waals surface area (Å²) in [4.78, 5) is 0. The monoisotopic (exact) mass is 226 g/mol. The van der Waals surface area contributed by atoms with Crippen molar-refractivity contribution in [2.24, 2.45) is 0 Å². The molecule has 0 rings (SSSR count). The number of rotatable bonds is 0. The Bertz CT molecular complexity index is 76.9. The molecule has 0 saturated heterocycles. The summed E-state index contributed by atoms with van der Waals surface area (Å²) in [7, 11) is 0. The SMILES string of the molecule is [O-2].[O]=[Mo](=[O])=[O].[Zn+2]. The maximum atomic E-state index is 8.59. The fraction of sp³-hybridized carbons (Fsp3) is 0. The van der Waals surface area contributed by atoms with Gasteiger partial charge in [-0.1, -0.05) is 0 Å². The molecular formula is MoO4Zn. The van der Waals surface area contributed by atoms with Gasteiger partial charge in [0.25, 0.3) is 0 Å². The van der Waals surface area contributed by atoms with Crippen LogP contribution in [0.25, 0.3) is 0 Å². The van der Waals surface area contributed by atoms with Crippen molar-refractivity contribution in [2.75, 3.05) is 0 Å². The molecular weight excluding hydrogens is 225 g/mol. The first-order valence-electron chi connectivity index (χ1n) is 0.500. The van der Waals surface area contributed by atoms with Gasteiger partial charge in [0.2, 0.25) is 0 Å². The van der Waals surface area contributed by atoms with Gasteiger partial charge in [0.1, 0.15) is 0 Å². The van der Waals surface area contributed by atoms with E-state index < -0.39 is 17.2 Å². The first kappa shape index (κ1) is 15.9. The first-order valence-corrected chi connectivity index (χ1v) is 2.96. The molecule has 4 nitrogen and oxygen atoms in total. The van der Waals surface area contributed by atoms with E-state index in [1.165, 1.54) is 0 Å². The molecule has 0 heterocycles. The molecule has 0 N–H and O–H groups in total. The fourth-order valence-corrected chi connectivity index (χ4v) is 0. The first-order chi connectivity index (χ1) is 1.73. The molecule has 0 aliphatic heterocycles. The van der Waals surface area contributed by atoms with Crippen molar-refractivity contribution in [1.82, 2.24) is 0 Å². The van der Waals surface area contributed by atoms with E-state index in [4.69, 9.17) is 10.2 Å². The van der Waals surface area contributed by atoms with E-state index in [9.17, 15) is 0 Å². The van der Waals surface area contributed by atoms with Gasteiger partial charge in [-0.15, -0.1) is 0 Å². The predicted molar refractivity (Wildman–Crippen MR) is 2.75 cm³/mol. The van der Waals surface area contributed by atoms with Gasteiger partial charge in [0.15, 0.2) is 0 Å². The zero-order valence-corrected chi connectivity index (χ0v) is 7.72. The average Bonchev–Trinajstić information content (AvgIpc) is 0.811. The van der Waals surface area contributed by atoms with Crippen LogP contribution in [0.1, 0.15) is 0 Å². The van der Waals surface area contributed by atoms with Crippen molar-refractivity contribution in [3.8, 4) is 0 Å². The van der Waals surface area contributed by atoms with Crippen LogP contribution in [0.5, 0.6) is 0 Å². The predicted octanol–water partition coefficient (Wildman–Crippen LogP) is -0.480. The van der Waals surface area contributed by atoms with Crippen molar-refractivity contribution < 1.29 is 52.3 Å². The summed E-state index contributed by atoms with van der Waals surface area (Å²) in [6.45, 7) is 0. The van der Waals surface area contributed by atoms with E-state index in [0.717, 1.165) is 0 Å². The van der Waals surface area contributed by atoms with Gasteiger partial charge < -0.3 is 5.48 Å². The minimum atomic E-state index is -4.11. The smallest absolute Gasteiger partial charge is 2.00 e. The third-order valence-electron chi connectivity index (χ3n) is 0. The molecule has 0 atom stereocenters. The molecule has 0 amide bonds. The van der Waals surface area contributed by atoms with Crippen LogP contribution >= 0.6 is 0 Å². The minimum Gasteiger partial charge on any atom is 2.00 e. The Morgan fingerprint density at radius 3 is 1.00 bits per heavy atom. The van der Waals surface area contributed by atoms with Crippen molar-refractivity contribution in [1.29, 1.82) is 0 Å². The molecule has 6 heavy (non-hydrogen) atoms. The Morgan fingerprint density at radius 2 is 1.00 bits per heavy atom. The zero-order valence-electron chi connectivity index (χ0n) is 2.75. The van der Waals surface area contributed by atoms with E-state index in [1.54, 1.807) is 0 Å². The van der Waals surface area contributed by atoms with Gasteiger partial charge >= 0.3 is 46.9 Å². The molecule has 0 aliphatic rings. The molecule has 6 heteroatoms. The van der Waals surface area contributed by atoms with Gasteiger partial charge in [-0.05, 0) is 0 Å². The van der Waals surface area contributed by atoms with Crippen LogP contribution in [-0.2, 0) is 52.3 Å². The summed E-state index contributed by atoms with van der Waals surface area (Å²) in [6, 6.07) is 0. The van der Waals surface area contributed by atoms with Crippen LogP contribution in [0.15, 0.2) is 0 Å². The maximum absolute atomic E-state index is 8.59. The molecule has 0 bridgehead atoms. The molecule has 0 aromatic heterocycles. The quantitative estimate of drug-likeness (QED) is 0.522. The summed E-state index contributed by atoms with van der Waals surface area (Å²) in [5, 5.41) is 0. The molecule has 0 spiro atoms. The third-order valence-corrected chi connectivity index (χ3v) is 0. The Hall–Kier alpha value is 0.672. The number of hydrogen-bond donors (Lipinski definition) is 0. The Kier molecular flexibility index (Phi) is 24.4. The molecule has 0 aliphatic carbocycles. The van der Waals surface area contributed by atoms with Gasteiger partial charge in [0, 0.05) is 0 Å². The number of hydrogen-bond acceptors (Lipinski definition) is 3. The van der Waals surface area contributed by atoms with E-state index in [-0.39, 0.29) is 25.0 Å². The molecule has 32 valence electrons. The van der Waals surface area contributed by atoms with Crippen LogP contribution in [-0.4, -0.2) is 0 Å². The topological polar surface area (TPSA) is 79.7 Å².